The molecule has 1 aromatic rings. The van der Waals surface area contributed by atoms with E-state index < -0.39 is 5.41 Å². The number of nitrogens with zero attached hydrogens (tertiary/aromatic N) is 1. The average molecular weight is 420 g/mol. The van der Waals surface area contributed by atoms with Crippen molar-refractivity contribution < 1.29 is 14.3 Å². The minimum atomic E-state index is -0.620. The fourth-order valence-corrected chi connectivity index (χ4v) is 4.49. The molecule has 5 heteroatoms. The zero-order valence-electron chi connectivity index (χ0n) is 16.1. The molecule has 140 valence electrons. The van der Waals surface area contributed by atoms with Crippen molar-refractivity contribution in [3.8, 4) is 0 Å². The summed E-state index contributed by atoms with van der Waals surface area (Å²) in [5.74, 6) is 0.211. The van der Waals surface area contributed by atoms with Gasteiger partial charge in [0.15, 0.2) is 0 Å². The Morgan fingerprint density at radius 1 is 1.35 bits per heavy atom. The predicted octanol–water partition coefficient (Wildman–Crippen LogP) is 4.62. The van der Waals surface area contributed by atoms with Crippen LogP contribution >= 0.6 is 15.9 Å². The third-order valence-electron chi connectivity index (χ3n) is 5.04. The van der Waals surface area contributed by atoms with Crippen molar-refractivity contribution in [2.75, 3.05) is 6.54 Å². The van der Waals surface area contributed by atoms with Gasteiger partial charge in [0.2, 0.25) is 0 Å². The van der Waals surface area contributed by atoms with Crippen LogP contribution in [0, 0.1) is 12.3 Å². The summed E-state index contributed by atoms with van der Waals surface area (Å²) in [5.41, 5.74) is 3.03. The maximum absolute atomic E-state index is 13.2. The Morgan fingerprint density at radius 2 is 2.04 bits per heavy atom. The third-order valence-corrected chi connectivity index (χ3v) is 5.66. The van der Waals surface area contributed by atoms with E-state index in [9.17, 15) is 9.59 Å². The van der Waals surface area contributed by atoms with E-state index in [-0.39, 0.29) is 17.9 Å². The van der Waals surface area contributed by atoms with Gasteiger partial charge in [-0.2, -0.15) is 0 Å². The maximum atomic E-state index is 13.2. The van der Waals surface area contributed by atoms with Gasteiger partial charge < -0.3 is 9.64 Å². The second-order valence-electron chi connectivity index (χ2n) is 8.17. The number of halogens is 1. The van der Waals surface area contributed by atoms with Crippen LogP contribution in [-0.2, 0) is 20.7 Å². The molecule has 26 heavy (non-hydrogen) atoms. The first-order valence-corrected chi connectivity index (χ1v) is 10.0. The highest BCUT2D eigenvalue weighted by Gasteiger charge is 2.46. The molecule has 0 radical (unpaired) electrons. The summed E-state index contributed by atoms with van der Waals surface area (Å²) < 4.78 is 6.75. The molecular formula is C21H26BrNO3. The molecule has 1 amide bonds. The molecule has 3 rings (SSSR count). The van der Waals surface area contributed by atoms with E-state index in [0.717, 1.165) is 40.4 Å². The minimum absolute atomic E-state index is 0.0246. The normalized spacial score (nSPS) is 20.0. The molecule has 1 unspecified atom stereocenters. The number of carbonyl (C=O) groups is 2. The first-order valence-electron chi connectivity index (χ1n) is 9.22. The standard InChI is InChI=1S/C21H26BrNO3/c1-6-13-10-12(2)11-14(22)16(13)17-18(26-20(25)21(3,4)5)15-8-7-9-23(15)19(17)24/h10-11,15H,6-9H2,1-5H3. The number of hydrogen-bond acceptors (Lipinski definition) is 3. The summed E-state index contributed by atoms with van der Waals surface area (Å²) in [6.45, 7) is 10.3. The predicted molar refractivity (Wildman–Crippen MR) is 105 cm³/mol. The molecule has 1 fully saturated rings. The summed E-state index contributed by atoms with van der Waals surface area (Å²) in [6.07, 6.45) is 2.58. The molecule has 0 spiro atoms. The van der Waals surface area contributed by atoms with Crippen LogP contribution in [0.4, 0.5) is 0 Å². The summed E-state index contributed by atoms with van der Waals surface area (Å²) in [4.78, 5) is 27.6. The first-order chi connectivity index (χ1) is 12.1. The van der Waals surface area contributed by atoms with E-state index in [1.165, 1.54) is 0 Å². The van der Waals surface area contributed by atoms with Crippen LogP contribution in [0.2, 0.25) is 0 Å². The highest BCUT2D eigenvalue weighted by Crippen LogP contribution is 2.43. The number of benzene rings is 1. The Labute approximate surface area is 163 Å². The largest absolute Gasteiger partial charge is 0.428 e. The number of fused-ring (bicyclic) bond motifs is 1. The summed E-state index contributed by atoms with van der Waals surface area (Å²) in [5, 5.41) is 0. The van der Waals surface area contributed by atoms with Gasteiger partial charge in [0.05, 0.1) is 17.0 Å². The van der Waals surface area contributed by atoms with E-state index in [1.807, 2.05) is 38.7 Å². The molecule has 2 heterocycles. The zero-order chi connectivity index (χ0) is 19.2. The molecule has 1 saturated heterocycles. The lowest BCUT2D eigenvalue weighted by Gasteiger charge is -2.21. The second kappa shape index (κ2) is 6.84. The summed E-state index contributed by atoms with van der Waals surface area (Å²) >= 11 is 3.64. The number of ether oxygens (including phenoxy) is 1. The van der Waals surface area contributed by atoms with Crippen LogP contribution in [0.1, 0.15) is 57.2 Å². The van der Waals surface area contributed by atoms with E-state index >= 15 is 0 Å². The van der Waals surface area contributed by atoms with Crippen molar-refractivity contribution in [3.63, 3.8) is 0 Å². The number of hydrogen-bond donors (Lipinski definition) is 0. The van der Waals surface area contributed by atoms with E-state index in [2.05, 4.69) is 28.9 Å². The smallest absolute Gasteiger partial charge is 0.316 e. The maximum Gasteiger partial charge on any atom is 0.316 e. The van der Waals surface area contributed by atoms with E-state index in [1.54, 1.807) is 0 Å². The van der Waals surface area contributed by atoms with Gasteiger partial charge in [-0.25, -0.2) is 0 Å². The topological polar surface area (TPSA) is 46.6 Å². The number of amides is 1. The van der Waals surface area contributed by atoms with Gasteiger partial charge in [-0.05, 0) is 64.2 Å². The van der Waals surface area contributed by atoms with Crippen molar-refractivity contribution in [1.29, 1.82) is 0 Å². The van der Waals surface area contributed by atoms with Crippen LogP contribution in [0.25, 0.3) is 5.57 Å². The van der Waals surface area contributed by atoms with Crippen molar-refractivity contribution in [2.24, 2.45) is 5.41 Å². The zero-order valence-corrected chi connectivity index (χ0v) is 17.7. The Balaban J connectivity index is 2.18. The summed E-state index contributed by atoms with van der Waals surface area (Å²) in [7, 11) is 0. The summed E-state index contributed by atoms with van der Waals surface area (Å²) in [6, 6.07) is 4.00. The molecular weight excluding hydrogens is 394 g/mol. The fourth-order valence-electron chi connectivity index (χ4n) is 3.67. The van der Waals surface area contributed by atoms with Crippen LogP contribution in [0.3, 0.4) is 0 Å². The Hall–Kier alpha value is -1.62. The van der Waals surface area contributed by atoms with Gasteiger partial charge in [0.25, 0.3) is 5.91 Å². The molecule has 0 N–H and O–H groups in total. The van der Waals surface area contributed by atoms with Crippen LogP contribution in [0.15, 0.2) is 22.4 Å². The van der Waals surface area contributed by atoms with Gasteiger partial charge in [-0.15, -0.1) is 0 Å². The molecule has 0 aromatic heterocycles. The first kappa shape index (κ1) is 19.2. The molecule has 4 nitrogen and oxygen atoms in total. The number of aryl methyl sites for hydroxylation is 2. The molecule has 2 aliphatic rings. The Bertz CT molecular complexity index is 804. The number of carbonyl (C=O) groups excluding carboxylic acids is 2. The fraction of sp³-hybridized carbons (Fsp3) is 0.524. The highest BCUT2D eigenvalue weighted by atomic mass is 79.9. The van der Waals surface area contributed by atoms with Gasteiger partial charge in [-0.3, -0.25) is 9.59 Å². The minimum Gasteiger partial charge on any atom is -0.428 e. The number of esters is 1. The SMILES string of the molecule is CCc1cc(C)cc(Br)c1C1=C(OC(=O)C(C)(C)C)C2CCCN2C1=O. The van der Waals surface area contributed by atoms with Crippen LogP contribution in [-0.4, -0.2) is 29.4 Å². The number of rotatable bonds is 3. The lowest BCUT2D eigenvalue weighted by molar-refractivity contribution is -0.149. The highest BCUT2D eigenvalue weighted by molar-refractivity contribution is 9.10. The van der Waals surface area contributed by atoms with Crippen LogP contribution in [0.5, 0.6) is 0 Å². The van der Waals surface area contributed by atoms with Gasteiger partial charge >= 0.3 is 5.97 Å². The Kier molecular flexibility index (Phi) is 5.04. The average Bonchev–Trinajstić information content (AvgIpc) is 3.11. The molecule has 0 bridgehead atoms. The van der Waals surface area contributed by atoms with E-state index in [4.69, 9.17) is 4.74 Å². The van der Waals surface area contributed by atoms with Crippen molar-refractivity contribution in [3.05, 3.63) is 39.1 Å². The lowest BCUT2D eigenvalue weighted by Crippen LogP contribution is -2.31. The van der Waals surface area contributed by atoms with Gasteiger partial charge in [-0.1, -0.05) is 28.9 Å². The molecule has 0 saturated carbocycles. The molecule has 2 aliphatic heterocycles. The van der Waals surface area contributed by atoms with Gasteiger partial charge in [0, 0.05) is 16.6 Å². The van der Waals surface area contributed by atoms with E-state index in [0.29, 0.717) is 17.9 Å². The monoisotopic (exact) mass is 419 g/mol. The molecule has 0 aliphatic carbocycles. The van der Waals surface area contributed by atoms with Crippen molar-refractivity contribution in [1.82, 2.24) is 4.90 Å². The third kappa shape index (κ3) is 3.22. The quantitative estimate of drug-likeness (QED) is 0.671. The molecule has 1 aromatic carbocycles. The van der Waals surface area contributed by atoms with Gasteiger partial charge in [0.1, 0.15) is 5.76 Å². The Morgan fingerprint density at radius 3 is 2.65 bits per heavy atom. The van der Waals surface area contributed by atoms with Crippen LogP contribution < -0.4 is 0 Å². The van der Waals surface area contributed by atoms with Crippen molar-refractivity contribution in [2.45, 2.75) is 59.9 Å². The lowest BCUT2D eigenvalue weighted by atomic mass is 9.94. The van der Waals surface area contributed by atoms with Crippen molar-refractivity contribution >= 4 is 33.4 Å². The molecule has 1 atom stereocenters. The second-order valence-corrected chi connectivity index (χ2v) is 9.02.